The van der Waals surface area contributed by atoms with Crippen molar-refractivity contribution in [2.75, 3.05) is 0 Å². The molecule has 2 fully saturated rings. The van der Waals surface area contributed by atoms with Crippen molar-refractivity contribution < 1.29 is 9.53 Å². The largest absolute Gasteiger partial charge is 0.375 e. The number of hydrogen-bond acceptors (Lipinski definition) is 4. The number of nitrogens with zero attached hydrogens (tertiary/aromatic N) is 3. The van der Waals surface area contributed by atoms with Gasteiger partial charge in [0.1, 0.15) is 22.3 Å². The first-order valence-corrected chi connectivity index (χ1v) is 10.2. The number of aromatic nitrogens is 3. The summed E-state index contributed by atoms with van der Waals surface area (Å²) in [5.41, 5.74) is 1.62. The van der Waals surface area contributed by atoms with E-state index in [0.717, 1.165) is 42.7 Å². The van der Waals surface area contributed by atoms with Gasteiger partial charge in [-0.05, 0) is 51.2 Å². The summed E-state index contributed by atoms with van der Waals surface area (Å²) in [6.07, 6.45) is 9.27. The number of ketones is 1. The fourth-order valence-electron chi connectivity index (χ4n) is 4.12. The SMILES string of the molecule is CC(CC(=O)Cc1nc2ccc(Cl)nc2n1C1CCC1)OC1CCCC1. The van der Waals surface area contributed by atoms with Gasteiger partial charge in [0, 0.05) is 12.5 Å². The molecule has 4 rings (SSSR count). The lowest BCUT2D eigenvalue weighted by molar-refractivity contribution is -0.122. The normalized spacial score (nSPS) is 19.8. The summed E-state index contributed by atoms with van der Waals surface area (Å²) in [5, 5.41) is 0.467. The molecule has 2 aliphatic rings. The van der Waals surface area contributed by atoms with Gasteiger partial charge in [0.05, 0.1) is 18.6 Å². The smallest absolute Gasteiger partial charge is 0.161 e. The van der Waals surface area contributed by atoms with E-state index in [1.807, 2.05) is 13.0 Å². The molecule has 0 aliphatic heterocycles. The van der Waals surface area contributed by atoms with Gasteiger partial charge in [0.15, 0.2) is 5.65 Å². The molecule has 0 amide bonds. The second kappa shape index (κ2) is 7.65. The van der Waals surface area contributed by atoms with Gasteiger partial charge in [-0.15, -0.1) is 0 Å². The van der Waals surface area contributed by atoms with Crippen LogP contribution in [-0.4, -0.2) is 32.5 Å². The Morgan fingerprint density at radius 3 is 2.69 bits per heavy atom. The average molecular weight is 376 g/mol. The molecule has 2 aromatic rings. The summed E-state index contributed by atoms with van der Waals surface area (Å²) in [5.74, 6) is 0.995. The second-order valence-electron chi connectivity index (χ2n) is 7.73. The van der Waals surface area contributed by atoms with Crippen LogP contribution in [0.3, 0.4) is 0 Å². The van der Waals surface area contributed by atoms with Crippen LogP contribution in [0, 0.1) is 0 Å². The van der Waals surface area contributed by atoms with Crippen molar-refractivity contribution in [1.82, 2.24) is 14.5 Å². The molecule has 1 unspecified atom stereocenters. The van der Waals surface area contributed by atoms with Crippen LogP contribution in [0.25, 0.3) is 11.2 Å². The number of Topliss-reactive ketones (excluding diaryl/α,β-unsaturated/α-hetero) is 1. The molecule has 2 saturated carbocycles. The van der Waals surface area contributed by atoms with Crippen LogP contribution >= 0.6 is 11.6 Å². The molecule has 2 aromatic heterocycles. The Balaban J connectivity index is 1.48. The van der Waals surface area contributed by atoms with Gasteiger partial charge in [0.2, 0.25) is 0 Å². The lowest BCUT2D eigenvalue weighted by atomic mass is 9.92. The Morgan fingerprint density at radius 2 is 2.00 bits per heavy atom. The van der Waals surface area contributed by atoms with E-state index < -0.39 is 0 Å². The topological polar surface area (TPSA) is 57.0 Å². The summed E-state index contributed by atoms with van der Waals surface area (Å²) in [6.45, 7) is 2.01. The summed E-state index contributed by atoms with van der Waals surface area (Å²) < 4.78 is 8.17. The zero-order valence-corrected chi connectivity index (χ0v) is 16.0. The molecule has 5 nitrogen and oxygen atoms in total. The van der Waals surface area contributed by atoms with E-state index in [2.05, 4.69) is 14.5 Å². The van der Waals surface area contributed by atoms with E-state index >= 15 is 0 Å². The predicted molar refractivity (Wildman–Crippen MR) is 102 cm³/mol. The van der Waals surface area contributed by atoms with Gasteiger partial charge in [-0.2, -0.15) is 0 Å². The van der Waals surface area contributed by atoms with E-state index in [0.29, 0.717) is 30.1 Å². The average Bonchev–Trinajstić information content (AvgIpc) is 3.15. The highest BCUT2D eigenvalue weighted by atomic mass is 35.5. The molecule has 26 heavy (non-hydrogen) atoms. The maximum Gasteiger partial charge on any atom is 0.161 e. The van der Waals surface area contributed by atoms with Crippen molar-refractivity contribution >= 4 is 28.5 Å². The summed E-state index contributed by atoms with van der Waals surface area (Å²) in [7, 11) is 0. The highest BCUT2D eigenvalue weighted by Gasteiger charge is 2.27. The number of imidazole rings is 1. The predicted octanol–water partition coefficient (Wildman–Crippen LogP) is 4.66. The number of hydrogen-bond donors (Lipinski definition) is 0. The van der Waals surface area contributed by atoms with Crippen LogP contribution in [0.15, 0.2) is 12.1 Å². The van der Waals surface area contributed by atoms with E-state index in [4.69, 9.17) is 16.3 Å². The number of rotatable bonds is 7. The maximum absolute atomic E-state index is 12.6. The highest BCUT2D eigenvalue weighted by molar-refractivity contribution is 6.29. The maximum atomic E-state index is 12.6. The number of fused-ring (bicyclic) bond motifs is 1. The lowest BCUT2D eigenvalue weighted by Gasteiger charge is -2.28. The fraction of sp³-hybridized carbons (Fsp3) is 0.650. The van der Waals surface area contributed by atoms with Crippen molar-refractivity contribution in [1.29, 1.82) is 0 Å². The highest BCUT2D eigenvalue weighted by Crippen LogP contribution is 2.35. The first-order valence-electron chi connectivity index (χ1n) is 9.80. The van der Waals surface area contributed by atoms with E-state index in [1.54, 1.807) is 6.07 Å². The minimum atomic E-state index is -0.0281. The Kier molecular flexibility index (Phi) is 5.28. The van der Waals surface area contributed by atoms with Gasteiger partial charge in [0.25, 0.3) is 0 Å². The quantitative estimate of drug-likeness (QED) is 0.660. The number of pyridine rings is 1. The van der Waals surface area contributed by atoms with Crippen molar-refractivity contribution in [3.63, 3.8) is 0 Å². The molecular formula is C20H26ClN3O2. The minimum Gasteiger partial charge on any atom is -0.375 e. The lowest BCUT2D eigenvalue weighted by Crippen LogP contribution is -2.24. The third-order valence-electron chi connectivity index (χ3n) is 5.61. The van der Waals surface area contributed by atoms with E-state index in [1.165, 1.54) is 19.3 Å². The van der Waals surface area contributed by atoms with Crippen molar-refractivity contribution in [3.8, 4) is 0 Å². The fourth-order valence-corrected chi connectivity index (χ4v) is 4.26. The number of carbonyl (C=O) groups excluding carboxylic acids is 1. The zero-order valence-electron chi connectivity index (χ0n) is 15.3. The standard InChI is InChI=1S/C20H26ClN3O2/c1-13(26-16-7-2-3-8-16)11-15(25)12-19-22-17-9-10-18(21)23-20(17)24(19)14-5-4-6-14/h9-10,13-14,16H,2-8,11-12H2,1H3. The van der Waals surface area contributed by atoms with Crippen LogP contribution in [0.5, 0.6) is 0 Å². The Bertz CT molecular complexity index is 794. The first kappa shape index (κ1) is 17.9. The summed E-state index contributed by atoms with van der Waals surface area (Å²) in [4.78, 5) is 21.8. The van der Waals surface area contributed by atoms with Crippen molar-refractivity contribution in [3.05, 3.63) is 23.1 Å². The molecule has 0 bridgehead atoms. The van der Waals surface area contributed by atoms with Gasteiger partial charge >= 0.3 is 0 Å². The second-order valence-corrected chi connectivity index (χ2v) is 8.12. The molecular weight excluding hydrogens is 350 g/mol. The molecule has 0 aromatic carbocycles. The van der Waals surface area contributed by atoms with Gasteiger partial charge in [-0.25, -0.2) is 9.97 Å². The molecule has 6 heteroatoms. The monoisotopic (exact) mass is 375 g/mol. The Morgan fingerprint density at radius 1 is 1.23 bits per heavy atom. The van der Waals surface area contributed by atoms with Gasteiger partial charge in [-0.1, -0.05) is 24.4 Å². The molecule has 1 atom stereocenters. The van der Waals surface area contributed by atoms with E-state index in [-0.39, 0.29) is 11.9 Å². The van der Waals surface area contributed by atoms with Crippen LogP contribution in [0.1, 0.15) is 70.2 Å². The van der Waals surface area contributed by atoms with Crippen LogP contribution in [-0.2, 0) is 16.0 Å². The number of carbonyl (C=O) groups is 1. The zero-order chi connectivity index (χ0) is 18.1. The van der Waals surface area contributed by atoms with Gasteiger partial charge < -0.3 is 9.30 Å². The Hall–Kier alpha value is -1.46. The van der Waals surface area contributed by atoms with Crippen molar-refractivity contribution in [2.24, 2.45) is 0 Å². The molecule has 0 saturated heterocycles. The number of ether oxygens (including phenoxy) is 1. The molecule has 0 radical (unpaired) electrons. The minimum absolute atomic E-state index is 0.0281. The van der Waals surface area contributed by atoms with E-state index in [9.17, 15) is 4.79 Å². The van der Waals surface area contributed by atoms with Crippen molar-refractivity contribution in [2.45, 2.75) is 83.0 Å². The van der Waals surface area contributed by atoms with Gasteiger partial charge in [-0.3, -0.25) is 4.79 Å². The third kappa shape index (κ3) is 3.79. The molecule has 2 aliphatic carbocycles. The van der Waals surface area contributed by atoms with Crippen LogP contribution in [0.4, 0.5) is 0 Å². The molecule has 0 spiro atoms. The summed E-state index contributed by atoms with van der Waals surface area (Å²) in [6, 6.07) is 4.03. The summed E-state index contributed by atoms with van der Waals surface area (Å²) >= 11 is 6.09. The molecule has 140 valence electrons. The molecule has 2 heterocycles. The van der Waals surface area contributed by atoms with Crippen LogP contribution in [0.2, 0.25) is 5.15 Å². The van der Waals surface area contributed by atoms with Crippen LogP contribution < -0.4 is 0 Å². The third-order valence-corrected chi connectivity index (χ3v) is 5.82. The number of halogens is 1. The first-order chi connectivity index (χ1) is 12.6. The molecule has 0 N–H and O–H groups in total. The Labute approximate surface area is 159 Å².